The van der Waals surface area contributed by atoms with Crippen LogP contribution in [-0.4, -0.2) is 18.4 Å². The number of amides is 2. The SMILES string of the molecule is C=C(C=C(C)C)[C@H]1CNC(=O)[C@@H]1C(=O)Nc1cccc(F)c1F. The van der Waals surface area contributed by atoms with E-state index in [0.717, 1.165) is 11.6 Å². The van der Waals surface area contributed by atoms with Crippen molar-refractivity contribution >= 4 is 17.5 Å². The van der Waals surface area contributed by atoms with E-state index in [1.54, 1.807) is 6.08 Å². The third-order valence-electron chi connectivity index (χ3n) is 3.62. The lowest BCUT2D eigenvalue weighted by atomic mass is 9.87. The molecule has 2 atom stereocenters. The number of carbonyl (C=O) groups excluding carboxylic acids is 2. The number of carbonyl (C=O) groups is 2. The van der Waals surface area contributed by atoms with Gasteiger partial charge >= 0.3 is 0 Å². The second kappa shape index (κ2) is 6.73. The lowest BCUT2D eigenvalue weighted by Crippen LogP contribution is -2.33. The summed E-state index contributed by atoms with van der Waals surface area (Å²) in [5.74, 6) is -4.80. The Labute approximate surface area is 133 Å². The van der Waals surface area contributed by atoms with E-state index in [0.29, 0.717) is 5.57 Å². The molecule has 6 heteroatoms. The second-order valence-electron chi connectivity index (χ2n) is 5.72. The van der Waals surface area contributed by atoms with Crippen LogP contribution in [0.1, 0.15) is 13.8 Å². The maximum Gasteiger partial charge on any atom is 0.237 e. The van der Waals surface area contributed by atoms with Gasteiger partial charge in [-0.05, 0) is 31.6 Å². The lowest BCUT2D eigenvalue weighted by Gasteiger charge is -2.17. The Morgan fingerprint density at radius 2 is 2.09 bits per heavy atom. The summed E-state index contributed by atoms with van der Waals surface area (Å²) in [5.41, 5.74) is 1.34. The van der Waals surface area contributed by atoms with E-state index < -0.39 is 35.3 Å². The quantitative estimate of drug-likeness (QED) is 0.662. The third-order valence-corrected chi connectivity index (χ3v) is 3.62. The zero-order chi connectivity index (χ0) is 17.1. The van der Waals surface area contributed by atoms with Crippen LogP contribution in [0.5, 0.6) is 0 Å². The maximum atomic E-state index is 13.7. The molecular weight excluding hydrogens is 302 g/mol. The fourth-order valence-corrected chi connectivity index (χ4v) is 2.56. The summed E-state index contributed by atoms with van der Waals surface area (Å²) >= 11 is 0. The molecule has 0 saturated carbocycles. The zero-order valence-electron chi connectivity index (χ0n) is 13.0. The summed E-state index contributed by atoms with van der Waals surface area (Å²) in [6.45, 7) is 7.95. The van der Waals surface area contributed by atoms with E-state index in [1.165, 1.54) is 12.1 Å². The van der Waals surface area contributed by atoms with Gasteiger partial charge in [-0.3, -0.25) is 9.59 Å². The fourth-order valence-electron chi connectivity index (χ4n) is 2.56. The minimum atomic E-state index is -1.15. The van der Waals surface area contributed by atoms with Gasteiger partial charge in [-0.15, -0.1) is 0 Å². The summed E-state index contributed by atoms with van der Waals surface area (Å²) < 4.78 is 26.9. The molecule has 4 nitrogen and oxygen atoms in total. The molecule has 2 rings (SSSR count). The Balaban J connectivity index is 2.22. The lowest BCUT2D eigenvalue weighted by molar-refractivity contribution is -0.130. The average molecular weight is 320 g/mol. The van der Waals surface area contributed by atoms with Crippen LogP contribution in [0.4, 0.5) is 14.5 Å². The van der Waals surface area contributed by atoms with Gasteiger partial charge in [0.15, 0.2) is 11.6 Å². The molecule has 0 aromatic heterocycles. The Morgan fingerprint density at radius 1 is 1.39 bits per heavy atom. The van der Waals surface area contributed by atoms with Crippen LogP contribution >= 0.6 is 0 Å². The first-order valence-electron chi connectivity index (χ1n) is 7.17. The van der Waals surface area contributed by atoms with Gasteiger partial charge in [-0.1, -0.05) is 24.3 Å². The molecule has 0 unspecified atom stereocenters. The molecule has 2 N–H and O–H groups in total. The molecule has 1 heterocycles. The zero-order valence-corrected chi connectivity index (χ0v) is 13.0. The molecule has 1 saturated heterocycles. The molecule has 1 fully saturated rings. The summed E-state index contributed by atoms with van der Waals surface area (Å²) in [6.07, 6.45) is 1.80. The number of allylic oxidation sites excluding steroid dienone is 2. The van der Waals surface area contributed by atoms with E-state index in [2.05, 4.69) is 17.2 Å². The van der Waals surface area contributed by atoms with Gasteiger partial charge in [-0.2, -0.15) is 0 Å². The van der Waals surface area contributed by atoms with E-state index >= 15 is 0 Å². The molecule has 1 aromatic rings. The van der Waals surface area contributed by atoms with Crippen LogP contribution < -0.4 is 10.6 Å². The highest BCUT2D eigenvalue weighted by atomic mass is 19.2. The Kier molecular flexibility index (Phi) is 4.93. The summed E-state index contributed by atoms with van der Waals surface area (Å²) in [7, 11) is 0. The third kappa shape index (κ3) is 3.64. The normalized spacial score (nSPS) is 19.9. The van der Waals surface area contributed by atoms with Crippen molar-refractivity contribution in [2.45, 2.75) is 13.8 Å². The van der Waals surface area contributed by atoms with Crippen LogP contribution in [0.2, 0.25) is 0 Å². The summed E-state index contributed by atoms with van der Waals surface area (Å²) in [6, 6.07) is 3.47. The molecule has 0 radical (unpaired) electrons. The number of benzene rings is 1. The van der Waals surface area contributed by atoms with Crippen molar-refractivity contribution in [2.24, 2.45) is 11.8 Å². The number of rotatable bonds is 4. The standard InChI is InChI=1S/C17H18F2N2O2/c1-9(2)7-10(3)11-8-20-16(22)14(11)17(23)21-13-6-4-5-12(18)15(13)19/h4-7,11,14H,3,8H2,1-2H3,(H,20,22)(H,21,23)/t11-,14-/m1/s1. The first-order chi connectivity index (χ1) is 10.8. The number of anilines is 1. The smallest absolute Gasteiger partial charge is 0.237 e. The minimum Gasteiger partial charge on any atom is -0.355 e. The van der Waals surface area contributed by atoms with Crippen LogP contribution in [0.25, 0.3) is 0 Å². The number of hydrogen-bond acceptors (Lipinski definition) is 2. The van der Waals surface area contributed by atoms with Gasteiger partial charge in [0.1, 0.15) is 5.92 Å². The summed E-state index contributed by atoms with van der Waals surface area (Å²) in [5, 5.41) is 4.89. The van der Waals surface area contributed by atoms with Gasteiger partial charge in [0.05, 0.1) is 5.69 Å². The van der Waals surface area contributed by atoms with E-state index in [-0.39, 0.29) is 12.2 Å². The van der Waals surface area contributed by atoms with Crippen molar-refractivity contribution in [1.82, 2.24) is 5.32 Å². The molecule has 2 amide bonds. The predicted molar refractivity (Wildman–Crippen MR) is 83.5 cm³/mol. The minimum absolute atomic E-state index is 0.283. The maximum absolute atomic E-state index is 13.7. The molecular formula is C17H18F2N2O2. The van der Waals surface area contributed by atoms with Crippen LogP contribution in [-0.2, 0) is 9.59 Å². The molecule has 0 bridgehead atoms. The molecule has 1 aliphatic rings. The van der Waals surface area contributed by atoms with Gasteiger partial charge in [0.25, 0.3) is 0 Å². The van der Waals surface area contributed by atoms with Crippen LogP contribution in [0, 0.1) is 23.5 Å². The fraction of sp³-hybridized carbons (Fsp3) is 0.294. The molecule has 0 spiro atoms. The Hall–Kier alpha value is -2.50. The highest BCUT2D eigenvalue weighted by Gasteiger charge is 2.41. The first kappa shape index (κ1) is 16.9. The monoisotopic (exact) mass is 320 g/mol. The first-order valence-corrected chi connectivity index (χ1v) is 7.17. The van der Waals surface area contributed by atoms with Crippen molar-refractivity contribution in [1.29, 1.82) is 0 Å². The van der Waals surface area contributed by atoms with Crippen molar-refractivity contribution < 1.29 is 18.4 Å². The van der Waals surface area contributed by atoms with Gasteiger partial charge in [0.2, 0.25) is 11.8 Å². The Morgan fingerprint density at radius 3 is 2.74 bits per heavy atom. The number of halogens is 2. The number of nitrogens with one attached hydrogen (secondary N) is 2. The second-order valence-corrected chi connectivity index (χ2v) is 5.72. The molecule has 23 heavy (non-hydrogen) atoms. The van der Waals surface area contributed by atoms with Gasteiger partial charge in [-0.25, -0.2) is 8.78 Å². The van der Waals surface area contributed by atoms with Crippen molar-refractivity contribution in [3.05, 3.63) is 53.6 Å². The highest BCUT2D eigenvalue weighted by molar-refractivity contribution is 6.08. The van der Waals surface area contributed by atoms with Crippen molar-refractivity contribution in [2.75, 3.05) is 11.9 Å². The summed E-state index contributed by atoms with van der Waals surface area (Å²) in [4.78, 5) is 24.3. The molecule has 122 valence electrons. The topological polar surface area (TPSA) is 58.2 Å². The largest absolute Gasteiger partial charge is 0.355 e. The highest BCUT2D eigenvalue weighted by Crippen LogP contribution is 2.28. The molecule has 0 aliphatic carbocycles. The van der Waals surface area contributed by atoms with Gasteiger partial charge in [0, 0.05) is 12.5 Å². The van der Waals surface area contributed by atoms with Gasteiger partial charge < -0.3 is 10.6 Å². The predicted octanol–water partition coefficient (Wildman–Crippen LogP) is 2.79. The van der Waals surface area contributed by atoms with Crippen molar-refractivity contribution in [3.8, 4) is 0 Å². The van der Waals surface area contributed by atoms with E-state index in [4.69, 9.17) is 0 Å². The van der Waals surface area contributed by atoms with Crippen LogP contribution in [0.3, 0.4) is 0 Å². The number of hydrogen-bond donors (Lipinski definition) is 2. The van der Waals surface area contributed by atoms with Crippen molar-refractivity contribution in [3.63, 3.8) is 0 Å². The molecule has 1 aromatic carbocycles. The molecule has 1 aliphatic heterocycles. The van der Waals surface area contributed by atoms with E-state index in [1.807, 2.05) is 13.8 Å². The van der Waals surface area contributed by atoms with E-state index in [9.17, 15) is 18.4 Å². The Bertz CT molecular complexity index is 694. The van der Waals surface area contributed by atoms with Crippen LogP contribution in [0.15, 0.2) is 42.0 Å². The average Bonchev–Trinajstić information content (AvgIpc) is 2.85.